The van der Waals surface area contributed by atoms with Crippen molar-refractivity contribution >= 4 is 16.7 Å². The van der Waals surface area contributed by atoms with E-state index in [0.717, 1.165) is 32.0 Å². The molecule has 0 unspecified atom stereocenters. The number of carbonyl (C=O) groups is 1. The standard InChI is InChI=1S/C24H36F3N3O3S/c1-16(2)11-22(30-9-4-10-34(30,32)33)23(31)28-21-8-7-18-14-29(15-20(18)21)13-17-5-3-6-19(12-17)24(25,26)27/h3,5-6,12,16,18,20-22,32-33H,4,7-11,13-15H2,1-2H3,(H,28,31)/t18-,20+,21+,22-/m0/s1. The molecule has 4 rings (SSSR count). The number of alkyl halides is 3. The third-order valence-electron chi connectivity index (χ3n) is 7.44. The summed E-state index contributed by atoms with van der Waals surface area (Å²) in [6, 6.07) is 4.94. The van der Waals surface area contributed by atoms with Gasteiger partial charge in [-0.05, 0) is 55.1 Å². The first-order valence-corrected chi connectivity index (χ1v) is 13.8. The largest absolute Gasteiger partial charge is 0.416 e. The number of carbonyl (C=O) groups excluding carboxylic acids is 1. The highest BCUT2D eigenvalue weighted by Crippen LogP contribution is 2.50. The van der Waals surface area contributed by atoms with Gasteiger partial charge in [-0.2, -0.15) is 17.5 Å². The van der Waals surface area contributed by atoms with E-state index in [1.807, 2.05) is 13.8 Å². The second-order valence-electron chi connectivity index (χ2n) is 10.5. The van der Waals surface area contributed by atoms with Crippen LogP contribution in [0.3, 0.4) is 0 Å². The minimum absolute atomic E-state index is 0.00283. The first-order valence-electron chi connectivity index (χ1n) is 12.2. The Morgan fingerprint density at radius 3 is 2.65 bits per heavy atom. The number of likely N-dealkylation sites (tertiary alicyclic amines) is 1. The summed E-state index contributed by atoms with van der Waals surface area (Å²) in [4.78, 5) is 15.5. The van der Waals surface area contributed by atoms with Gasteiger partial charge in [-0.15, -0.1) is 10.8 Å². The molecular formula is C24H36F3N3O3S. The predicted octanol–water partition coefficient (Wildman–Crippen LogP) is 4.82. The normalized spacial score (nSPS) is 29.4. The molecule has 0 bridgehead atoms. The van der Waals surface area contributed by atoms with E-state index < -0.39 is 28.6 Å². The lowest BCUT2D eigenvalue weighted by atomic mass is 9.97. The zero-order chi connectivity index (χ0) is 24.7. The van der Waals surface area contributed by atoms with Gasteiger partial charge in [-0.25, -0.2) is 0 Å². The summed E-state index contributed by atoms with van der Waals surface area (Å²) in [6.07, 6.45) is -1.27. The molecule has 3 aliphatic rings. The number of fused-ring (bicyclic) bond motifs is 1. The Morgan fingerprint density at radius 2 is 2.00 bits per heavy atom. The molecule has 0 spiro atoms. The highest BCUT2D eigenvalue weighted by molar-refractivity contribution is 8.22. The predicted molar refractivity (Wildman–Crippen MR) is 127 cm³/mol. The molecule has 4 atom stereocenters. The fraction of sp³-hybridized carbons (Fsp3) is 0.708. The summed E-state index contributed by atoms with van der Waals surface area (Å²) in [5, 5.41) is 3.22. The van der Waals surface area contributed by atoms with Crippen LogP contribution in [0.5, 0.6) is 0 Å². The van der Waals surface area contributed by atoms with Crippen LogP contribution < -0.4 is 5.32 Å². The average Bonchev–Trinajstić information content (AvgIpc) is 3.40. The molecule has 1 amide bonds. The van der Waals surface area contributed by atoms with E-state index in [2.05, 4.69) is 10.2 Å². The molecular weight excluding hydrogens is 467 g/mol. The summed E-state index contributed by atoms with van der Waals surface area (Å²) in [6.45, 7) is 6.57. The molecule has 1 aromatic rings. The van der Waals surface area contributed by atoms with Crippen molar-refractivity contribution in [1.29, 1.82) is 0 Å². The molecule has 0 radical (unpaired) electrons. The Labute approximate surface area is 201 Å². The number of hydrogen-bond acceptors (Lipinski definition) is 5. The maximum atomic E-state index is 13.3. The Bertz CT molecular complexity index is 883. The lowest BCUT2D eigenvalue weighted by molar-refractivity contribution is -0.137. The first-order chi connectivity index (χ1) is 15.9. The second kappa shape index (κ2) is 9.97. The maximum Gasteiger partial charge on any atom is 0.416 e. The van der Waals surface area contributed by atoms with Gasteiger partial charge in [0.25, 0.3) is 0 Å². The van der Waals surface area contributed by atoms with Gasteiger partial charge in [0.15, 0.2) is 0 Å². The molecule has 1 aliphatic carbocycles. The Hall–Kier alpha value is -1.33. The van der Waals surface area contributed by atoms with E-state index in [1.54, 1.807) is 10.4 Å². The molecule has 34 heavy (non-hydrogen) atoms. The van der Waals surface area contributed by atoms with Gasteiger partial charge in [0.1, 0.15) is 6.04 Å². The molecule has 2 aliphatic heterocycles. The van der Waals surface area contributed by atoms with Crippen molar-refractivity contribution in [2.45, 2.75) is 64.3 Å². The van der Waals surface area contributed by atoms with Gasteiger partial charge >= 0.3 is 6.18 Å². The van der Waals surface area contributed by atoms with Gasteiger partial charge in [0.05, 0.1) is 11.3 Å². The lowest BCUT2D eigenvalue weighted by Gasteiger charge is -2.42. The van der Waals surface area contributed by atoms with Crippen LogP contribution in [-0.2, 0) is 17.5 Å². The maximum absolute atomic E-state index is 13.3. The van der Waals surface area contributed by atoms with Crippen LogP contribution in [0.1, 0.15) is 50.7 Å². The molecule has 0 aromatic heterocycles. The van der Waals surface area contributed by atoms with Crippen molar-refractivity contribution in [2.24, 2.45) is 17.8 Å². The van der Waals surface area contributed by atoms with Crippen molar-refractivity contribution in [2.75, 3.05) is 25.4 Å². The Balaban J connectivity index is 1.39. The van der Waals surface area contributed by atoms with Gasteiger partial charge in [-0.3, -0.25) is 18.8 Å². The van der Waals surface area contributed by atoms with Crippen LogP contribution in [0.2, 0.25) is 0 Å². The third-order valence-corrected chi connectivity index (χ3v) is 9.46. The smallest absolute Gasteiger partial charge is 0.352 e. The monoisotopic (exact) mass is 503 g/mol. The number of rotatable bonds is 7. The van der Waals surface area contributed by atoms with Crippen LogP contribution in [0.4, 0.5) is 13.2 Å². The van der Waals surface area contributed by atoms with Crippen molar-refractivity contribution in [3.8, 4) is 0 Å². The molecule has 3 N–H and O–H groups in total. The van der Waals surface area contributed by atoms with Crippen LogP contribution in [0.15, 0.2) is 24.3 Å². The van der Waals surface area contributed by atoms with Crippen LogP contribution in [0.25, 0.3) is 0 Å². The van der Waals surface area contributed by atoms with Gasteiger partial charge < -0.3 is 5.32 Å². The fourth-order valence-electron chi connectivity index (χ4n) is 5.89. The van der Waals surface area contributed by atoms with Crippen molar-refractivity contribution in [3.63, 3.8) is 0 Å². The van der Waals surface area contributed by atoms with E-state index in [-0.39, 0.29) is 23.8 Å². The van der Waals surface area contributed by atoms with Crippen molar-refractivity contribution < 1.29 is 27.1 Å². The van der Waals surface area contributed by atoms with Crippen LogP contribution >= 0.6 is 10.8 Å². The number of nitrogens with one attached hydrogen (secondary N) is 1. The third kappa shape index (κ3) is 5.73. The number of halogens is 3. The van der Waals surface area contributed by atoms with Gasteiger partial charge in [0, 0.05) is 32.2 Å². The number of nitrogens with zero attached hydrogens (tertiary/aromatic N) is 2. The van der Waals surface area contributed by atoms with Gasteiger partial charge in [-0.1, -0.05) is 32.0 Å². The highest BCUT2D eigenvalue weighted by atomic mass is 32.3. The van der Waals surface area contributed by atoms with Gasteiger partial charge in [0.2, 0.25) is 5.91 Å². The summed E-state index contributed by atoms with van der Waals surface area (Å²) in [5.74, 6) is 1.07. The Kier molecular flexibility index (Phi) is 7.55. The second-order valence-corrected chi connectivity index (χ2v) is 12.6. The van der Waals surface area contributed by atoms with Crippen LogP contribution in [0, 0.1) is 17.8 Å². The summed E-state index contributed by atoms with van der Waals surface area (Å²) < 4.78 is 61.7. The molecule has 6 nitrogen and oxygen atoms in total. The molecule has 1 saturated carbocycles. The fourth-order valence-corrected chi connectivity index (χ4v) is 7.65. The molecule has 3 fully saturated rings. The van der Waals surface area contributed by atoms with Crippen molar-refractivity contribution in [3.05, 3.63) is 35.4 Å². The minimum Gasteiger partial charge on any atom is -0.352 e. The first kappa shape index (κ1) is 25.8. The minimum atomic E-state index is -4.35. The summed E-state index contributed by atoms with van der Waals surface area (Å²) in [7, 11) is -2.90. The van der Waals surface area contributed by atoms with Crippen LogP contribution in [-0.4, -0.2) is 61.7 Å². The molecule has 2 saturated heterocycles. The molecule has 192 valence electrons. The van der Waals surface area contributed by atoms with Crippen molar-refractivity contribution in [1.82, 2.24) is 14.5 Å². The molecule has 2 heterocycles. The van der Waals surface area contributed by atoms with E-state index in [4.69, 9.17) is 0 Å². The Morgan fingerprint density at radius 1 is 1.24 bits per heavy atom. The van der Waals surface area contributed by atoms with E-state index in [9.17, 15) is 27.1 Å². The number of amides is 1. The number of hydrogen-bond donors (Lipinski definition) is 3. The van der Waals surface area contributed by atoms with E-state index >= 15 is 0 Å². The summed E-state index contributed by atoms with van der Waals surface area (Å²) in [5.41, 5.74) is 0.0187. The lowest BCUT2D eigenvalue weighted by Crippen LogP contribution is -2.51. The van der Waals surface area contributed by atoms with E-state index in [0.29, 0.717) is 43.2 Å². The molecule has 10 heteroatoms. The van der Waals surface area contributed by atoms with E-state index in [1.165, 1.54) is 12.1 Å². The quantitative estimate of drug-likeness (QED) is 0.498. The zero-order valence-corrected chi connectivity index (χ0v) is 20.6. The SMILES string of the molecule is CC(C)C[C@@H](C(=O)N[C@@H]1CC[C@H]2CN(Cc3cccc(C(F)(F)F)c3)C[C@H]21)N1CCCS1(O)O. The highest BCUT2D eigenvalue weighted by Gasteiger charge is 2.45. The molecule has 1 aromatic carbocycles. The average molecular weight is 504 g/mol. The number of benzene rings is 1. The zero-order valence-electron chi connectivity index (χ0n) is 19.8. The topological polar surface area (TPSA) is 76.0 Å². The summed E-state index contributed by atoms with van der Waals surface area (Å²) >= 11 is 0.